The van der Waals surface area contributed by atoms with Gasteiger partial charge in [-0.15, -0.1) is 0 Å². The number of nitrogens with one attached hydrogen (secondary N) is 1. The lowest BCUT2D eigenvalue weighted by Gasteiger charge is -2.17. The van der Waals surface area contributed by atoms with E-state index in [0.29, 0.717) is 17.7 Å². The van der Waals surface area contributed by atoms with Crippen molar-refractivity contribution in [2.24, 2.45) is 0 Å². The first kappa shape index (κ1) is 36.8. The third-order valence-electron chi connectivity index (χ3n) is 12.9. The Morgan fingerprint density at radius 3 is 1.52 bits per heavy atom. The van der Waals surface area contributed by atoms with Crippen LogP contribution in [0.2, 0.25) is 0 Å². The number of nitrogens with zero attached hydrogens (tertiary/aromatic N) is 6. The Hall–Kier alpha value is -8.81. The number of anilines is 1. The van der Waals surface area contributed by atoms with E-state index >= 15 is 0 Å². The normalized spacial score (nSPS) is 11.8. The zero-order valence-corrected chi connectivity index (χ0v) is 35.4. The lowest BCUT2D eigenvalue weighted by Crippen LogP contribution is -2.10. The topological polar surface area (TPSA) is 65.5 Å². The van der Waals surface area contributed by atoms with Crippen molar-refractivity contribution in [3.05, 3.63) is 212 Å². The molecule has 306 valence electrons. The minimum atomic E-state index is 0.535. The largest absolute Gasteiger partial charge is 0.388 e. The van der Waals surface area contributed by atoms with Crippen LogP contribution in [0.5, 0.6) is 0 Å². The molecule has 13 rings (SSSR count). The molecular weight excluding hydrogens is 795 g/mol. The average Bonchev–Trinajstić information content (AvgIpc) is 4.02. The van der Waals surface area contributed by atoms with Crippen molar-refractivity contribution >= 4 is 71.1 Å². The van der Waals surface area contributed by atoms with Crippen LogP contribution in [0.1, 0.15) is 0 Å². The number of rotatable bonds is 7. The molecule has 4 heterocycles. The van der Waals surface area contributed by atoms with Gasteiger partial charge in [-0.05, 0) is 65.2 Å². The Bertz CT molecular complexity index is 3920. The van der Waals surface area contributed by atoms with Crippen LogP contribution in [0.25, 0.3) is 117 Å². The van der Waals surface area contributed by atoms with E-state index in [1.165, 1.54) is 0 Å². The minimum Gasteiger partial charge on any atom is -0.388 e. The molecule has 13 aromatic rings. The number of hydrogen-bond acceptors (Lipinski definition) is 4. The van der Waals surface area contributed by atoms with Gasteiger partial charge in [0.1, 0.15) is 0 Å². The van der Waals surface area contributed by atoms with Gasteiger partial charge in [-0.2, -0.15) is 15.0 Å². The van der Waals surface area contributed by atoms with Gasteiger partial charge in [0.15, 0.2) is 5.82 Å². The van der Waals surface area contributed by atoms with Crippen molar-refractivity contribution in [3.8, 4) is 51.2 Å². The maximum absolute atomic E-state index is 5.55. The first-order chi connectivity index (χ1) is 32.2. The minimum absolute atomic E-state index is 0.535. The molecule has 7 nitrogen and oxygen atoms in total. The van der Waals surface area contributed by atoms with Crippen molar-refractivity contribution in [1.82, 2.24) is 28.7 Å². The average molecular weight is 834 g/mol. The molecule has 0 spiro atoms. The smallest absolute Gasteiger partial charge is 0.240 e. The summed E-state index contributed by atoms with van der Waals surface area (Å²) in [6.45, 7) is 0. The van der Waals surface area contributed by atoms with Gasteiger partial charge in [-0.25, -0.2) is 0 Å². The van der Waals surface area contributed by atoms with E-state index in [-0.39, 0.29) is 0 Å². The lowest BCUT2D eigenvalue weighted by atomic mass is 9.89. The summed E-state index contributed by atoms with van der Waals surface area (Å²) in [4.78, 5) is 16.3. The Labute approximate surface area is 374 Å². The molecular formula is C58H39N7. The van der Waals surface area contributed by atoms with Gasteiger partial charge >= 0.3 is 0 Å². The van der Waals surface area contributed by atoms with Crippen molar-refractivity contribution < 1.29 is 0 Å². The summed E-state index contributed by atoms with van der Waals surface area (Å²) in [7, 11) is 1.99. The quantitative estimate of drug-likeness (QED) is 0.174. The molecule has 0 aliphatic carbocycles. The first-order valence-corrected chi connectivity index (χ1v) is 22.0. The second-order valence-electron chi connectivity index (χ2n) is 16.4. The van der Waals surface area contributed by atoms with Crippen LogP contribution in [0.3, 0.4) is 0 Å². The number of aromatic nitrogens is 6. The van der Waals surface area contributed by atoms with E-state index in [0.717, 1.165) is 105 Å². The van der Waals surface area contributed by atoms with Gasteiger partial charge < -0.3 is 9.88 Å². The van der Waals surface area contributed by atoms with Crippen LogP contribution in [0.15, 0.2) is 212 Å². The monoisotopic (exact) mass is 833 g/mol. The molecule has 0 amide bonds. The summed E-state index contributed by atoms with van der Waals surface area (Å²) in [6, 6.07) is 75.2. The SMILES string of the molecule is CNc1ccccc1-c1ccc2c(c1-c1ccccc1)c1c(ccc3c4ccccc4n(-c4nc(-c5ccccc5)nc(-n5c6ccccc6c6ccccc65)n4)c31)n2-c1ccccc1. The van der Waals surface area contributed by atoms with E-state index in [2.05, 4.69) is 213 Å². The molecule has 4 aromatic heterocycles. The molecule has 0 aliphatic heterocycles. The van der Waals surface area contributed by atoms with Crippen molar-refractivity contribution in [2.75, 3.05) is 12.4 Å². The van der Waals surface area contributed by atoms with Gasteiger partial charge in [0, 0.05) is 61.9 Å². The Kier molecular flexibility index (Phi) is 8.29. The Balaban J connectivity index is 1.24. The summed E-state index contributed by atoms with van der Waals surface area (Å²) >= 11 is 0. The van der Waals surface area contributed by atoms with E-state index in [9.17, 15) is 0 Å². The third-order valence-corrected chi connectivity index (χ3v) is 12.9. The number of para-hydroxylation sites is 5. The highest BCUT2D eigenvalue weighted by Crippen LogP contribution is 2.48. The first-order valence-electron chi connectivity index (χ1n) is 22.0. The lowest BCUT2D eigenvalue weighted by molar-refractivity contribution is 0.894. The Morgan fingerprint density at radius 1 is 0.354 bits per heavy atom. The standard InChI is InChI=1S/C58H39N7/c1-59-46-29-15-11-25-40(46)44-33-35-50-53(52(44)37-19-5-2-6-20-37)54-51(63(50)39-23-9-4-10-24-39)36-34-45-43-28-14-18-32-49(43)65(55(45)54)58-61-56(38-21-7-3-8-22-38)60-57(62-58)64-47-30-16-12-26-41(47)42-27-13-17-31-48(42)64/h2-36,59H,1H3. The van der Waals surface area contributed by atoms with Crippen molar-refractivity contribution in [3.63, 3.8) is 0 Å². The highest BCUT2D eigenvalue weighted by molar-refractivity contribution is 6.30. The molecule has 0 radical (unpaired) electrons. The summed E-state index contributed by atoms with van der Waals surface area (Å²) in [5.74, 6) is 1.67. The fraction of sp³-hybridized carbons (Fsp3) is 0.0172. The van der Waals surface area contributed by atoms with Crippen LogP contribution in [-0.2, 0) is 0 Å². The van der Waals surface area contributed by atoms with Crippen LogP contribution in [0.4, 0.5) is 5.69 Å². The molecule has 9 aromatic carbocycles. The van der Waals surface area contributed by atoms with Crippen LogP contribution < -0.4 is 5.32 Å². The Morgan fingerprint density at radius 2 is 0.862 bits per heavy atom. The number of hydrogen-bond donors (Lipinski definition) is 1. The predicted molar refractivity (Wildman–Crippen MR) is 269 cm³/mol. The van der Waals surface area contributed by atoms with Gasteiger partial charge in [-0.1, -0.05) is 164 Å². The molecule has 0 aliphatic rings. The summed E-state index contributed by atoms with van der Waals surface area (Å²) < 4.78 is 6.89. The maximum atomic E-state index is 5.55. The van der Waals surface area contributed by atoms with Gasteiger partial charge in [-0.3, -0.25) is 9.13 Å². The van der Waals surface area contributed by atoms with E-state index in [4.69, 9.17) is 15.0 Å². The van der Waals surface area contributed by atoms with Crippen molar-refractivity contribution in [1.29, 1.82) is 0 Å². The maximum Gasteiger partial charge on any atom is 0.240 e. The molecule has 1 N–H and O–H groups in total. The fourth-order valence-corrected chi connectivity index (χ4v) is 10.2. The van der Waals surface area contributed by atoms with Crippen LogP contribution in [-0.4, -0.2) is 35.7 Å². The molecule has 65 heavy (non-hydrogen) atoms. The molecule has 0 unspecified atom stereocenters. The molecule has 0 atom stereocenters. The molecule has 0 fully saturated rings. The zero-order chi connectivity index (χ0) is 43.0. The summed E-state index contributed by atoms with van der Waals surface area (Å²) in [5.41, 5.74) is 13.9. The number of benzene rings is 9. The van der Waals surface area contributed by atoms with Gasteiger partial charge in [0.2, 0.25) is 11.9 Å². The third kappa shape index (κ3) is 5.59. The highest BCUT2D eigenvalue weighted by Gasteiger charge is 2.27. The second kappa shape index (κ2) is 14.6. The van der Waals surface area contributed by atoms with E-state index < -0.39 is 0 Å². The van der Waals surface area contributed by atoms with Gasteiger partial charge in [0.25, 0.3) is 0 Å². The highest BCUT2D eigenvalue weighted by atomic mass is 15.3. The van der Waals surface area contributed by atoms with Crippen LogP contribution >= 0.6 is 0 Å². The van der Waals surface area contributed by atoms with Crippen molar-refractivity contribution in [2.45, 2.75) is 0 Å². The molecule has 7 heteroatoms. The zero-order valence-electron chi connectivity index (χ0n) is 35.4. The summed E-state index contributed by atoms with van der Waals surface area (Å²) in [6.07, 6.45) is 0. The number of fused-ring (bicyclic) bond motifs is 10. The van der Waals surface area contributed by atoms with Crippen LogP contribution in [0, 0.1) is 0 Å². The summed E-state index contributed by atoms with van der Waals surface area (Å²) in [5, 5.41) is 10.3. The molecule has 0 saturated carbocycles. The fourth-order valence-electron chi connectivity index (χ4n) is 10.2. The van der Waals surface area contributed by atoms with E-state index in [1.807, 2.05) is 25.2 Å². The molecule has 0 saturated heterocycles. The predicted octanol–water partition coefficient (Wildman–Crippen LogP) is 14.2. The molecule has 0 bridgehead atoms. The van der Waals surface area contributed by atoms with Gasteiger partial charge in [0.05, 0.1) is 33.1 Å². The van der Waals surface area contributed by atoms with E-state index in [1.54, 1.807) is 0 Å². The second-order valence-corrected chi connectivity index (χ2v) is 16.4.